The molecule has 0 saturated carbocycles. The van der Waals surface area contributed by atoms with Crippen molar-refractivity contribution in [2.45, 2.75) is 11.8 Å². The number of halogens is 1. The Morgan fingerprint density at radius 1 is 1.56 bits per heavy atom. The Hall–Kier alpha value is -0.880. The molecular weight excluding hydrogens is 292 g/mol. The number of amides is 1. The molecule has 88 valence electrons. The number of benzene rings is 1. The number of anilines is 1. The topological polar surface area (TPSA) is 86.2 Å². The molecule has 1 aromatic rings. The van der Waals surface area contributed by atoms with E-state index in [4.69, 9.17) is 11.5 Å². The highest BCUT2D eigenvalue weighted by Gasteiger charge is 2.16. The van der Waals surface area contributed by atoms with E-state index in [1.807, 2.05) is 0 Å². The zero-order chi connectivity index (χ0) is 12.3. The number of nitrogen functional groups attached to an aromatic ring is 1. The molecule has 0 aromatic heterocycles. The van der Waals surface area contributed by atoms with Gasteiger partial charge >= 0.3 is 0 Å². The molecule has 1 rings (SSSR count). The van der Waals surface area contributed by atoms with Crippen LogP contribution in [0.25, 0.3) is 0 Å². The molecule has 1 aromatic carbocycles. The summed E-state index contributed by atoms with van der Waals surface area (Å²) in [6, 6.07) is 5.14. The SMILES string of the molecule is CC(CS(=O)c1cc(Br)ccc1N)C(N)=O. The van der Waals surface area contributed by atoms with Crippen LogP contribution in [0, 0.1) is 5.92 Å². The Balaban J connectivity index is 2.88. The Kier molecular flexibility index (Phi) is 4.49. The first kappa shape index (κ1) is 13.2. The predicted octanol–water partition coefficient (Wildman–Crippen LogP) is 1.26. The third-order valence-electron chi connectivity index (χ3n) is 2.11. The molecular formula is C10H13BrN2O2S. The minimum atomic E-state index is -1.31. The van der Waals surface area contributed by atoms with Gasteiger partial charge in [-0.1, -0.05) is 22.9 Å². The standard InChI is InChI=1S/C10H13BrN2O2S/c1-6(10(13)14)5-16(15)9-4-7(11)2-3-8(9)12/h2-4,6H,5,12H2,1H3,(H2,13,14). The number of primary amides is 1. The maximum absolute atomic E-state index is 11.9. The van der Waals surface area contributed by atoms with E-state index in [0.717, 1.165) is 4.47 Å². The molecule has 0 aliphatic carbocycles. The van der Waals surface area contributed by atoms with Gasteiger partial charge in [0, 0.05) is 21.8 Å². The second-order valence-electron chi connectivity index (χ2n) is 3.50. The Morgan fingerprint density at radius 2 is 2.19 bits per heavy atom. The van der Waals surface area contributed by atoms with Crippen molar-refractivity contribution < 1.29 is 9.00 Å². The number of nitrogens with two attached hydrogens (primary N) is 2. The van der Waals surface area contributed by atoms with Crippen molar-refractivity contribution in [3.63, 3.8) is 0 Å². The minimum absolute atomic E-state index is 0.190. The molecule has 1 amide bonds. The maximum Gasteiger partial charge on any atom is 0.221 e. The van der Waals surface area contributed by atoms with E-state index in [1.165, 1.54) is 0 Å². The fourth-order valence-electron chi connectivity index (χ4n) is 1.10. The number of carbonyl (C=O) groups excluding carboxylic acids is 1. The van der Waals surface area contributed by atoms with E-state index < -0.39 is 22.6 Å². The van der Waals surface area contributed by atoms with E-state index in [1.54, 1.807) is 25.1 Å². The summed E-state index contributed by atoms with van der Waals surface area (Å²) in [6.45, 7) is 1.65. The van der Waals surface area contributed by atoms with E-state index in [0.29, 0.717) is 10.6 Å². The number of rotatable bonds is 4. The average Bonchev–Trinajstić information content (AvgIpc) is 2.21. The van der Waals surface area contributed by atoms with Crippen LogP contribution < -0.4 is 11.5 Å². The van der Waals surface area contributed by atoms with Crippen molar-refractivity contribution in [1.82, 2.24) is 0 Å². The summed E-state index contributed by atoms with van der Waals surface area (Å²) in [5.41, 5.74) is 11.3. The van der Waals surface area contributed by atoms with Crippen LogP contribution in [-0.4, -0.2) is 15.9 Å². The van der Waals surface area contributed by atoms with E-state index in [2.05, 4.69) is 15.9 Å². The predicted molar refractivity (Wildman–Crippen MR) is 68.2 cm³/mol. The molecule has 2 unspecified atom stereocenters. The summed E-state index contributed by atoms with van der Waals surface area (Å²) >= 11 is 3.28. The van der Waals surface area contributed by atoms with Gasteiger partial charge in [0.1, 0.15) is 0 Å². The first-order chi connectivity index (χ1) is 7.41. The number of carbonyl (C=O) groups is 1. The van der Waals surface area contributed by atoms with Crippen LogP contribution in [0.2, 0.25) is 0 Å². The fourth-order valence-corrected chi connectivity index (χ4v) is 3.00. The lowest BCUT2D eigenvalue weighted by Crippen LogP contribution is -2.25. The van der Waals surface area contributed by atoms with E-state index in [-0.39, 0.29) is 5.75 Å². The van der Waals surface area contributed by atoms with Crippen LogP contribution >= 0.6 is 15.9 Å². The molecule has 6 heteroatoms. The van der Waals surface area contributed by atoms with Crippen LogP contribution in [0.4, 0.5) is 5.69 Å². The van der Waals surface area contributed by atoms with E-state index >= 15 is 0 Å². The van der Waals surface area contributed by atoms with Crippen molar-refractivity contribution in [1.29, 1.82) is 0 Å². The van der Waals surface area contributed by atoms with Gasteiger partial charge < -0.3 is 11.5 Å². The number of hydrogen-bond acceptors (Lipinski definition) is 3. The van der Waals surface area contributed by atoms with Gasteiger partial charge in [0.05, 0.1) is 15.7 Å². The van der Waals surface area contributed by atoms with Crippen LogP contribution in [0.1, 0.15) is 6.92 Å². The second kappa shape index (κ2) is 5.45. The van der Waals surface area contributed by atoms with Gasteiger partial charge in [-0.05, 0) is 18.2 Å². The molecule has 4 nitrogen and oxygen atoms in total. The number of hydrogen-bond donors (Lipinski definition) is 2. The highest BCUT2D eigenvalue weighted by molar-refractivity contribution is 9.10. The molecule has 0 heterocycles. The quantitative estimate of drug-likeness (QED) is 0.821. The lowest BCUT2D eigenvalue weighted by molar-refractivity contribution is -0.120. The molecule has 2 atom stereocenters. The highest BCUT2D eigenvalue weighted by Crippen LogP contribution is 2.22. The van der Waals surface area contributed by atoms with Crippen molar-refractivity contribution in [3.8, 4) is 0 Å². The van der Waals surface area contributed by atoms with Gasteiger partial charge in [0.15, 0.2) is 0 Å². The lowest BCUT2D eigenvalue weighted by atomic mass is 10.2. The van der Waals surface area contributed by atoms with Crippen LogP contribution in [0.3, 0.4) is 0 Å². The highest BCUT2D eigenvalue weighted by atomic mass is 79.9. The Morgan fingerprint density at radius 3 is 2.75 bits per heavy atom. The molecule has 0 radical (unpaired) electrons. The van der Waals surface area contributed by atoms with Gasteiger partial charge in [0.2, 0.25) is 5.91 Å². The average molecular weight is 305 g/mol. The summed E-state index contributed by atoms with van der Waals surface area (Å²) in [6.07, 6.45) is 0. The smallest absolute Gasteiger partial charge is 0.221 e. The van der Waals surface area contributed by atoms with E-state index in [9.17, 15) is 9.00 Å². The molecule has 0 saturated heterocycles. The summed E-state index contributed by atoms with van der Waals surface area (Å²) in [5.74, 6) is -0.697. The summed E-state index contributed by atoms with van der Waals surface area (Å²) in [7, 11) is -1.31. The maximum atomic E-state index is 11.9. The molecule has 0 bridgehead atoms. The van der Waals surface area contributed by atoms with Crippen molar-refractivity contribution >= 4 is 38.3 Å². The largest absolute Gasteiger partial charge is 0.398 e. The third kappa shape index (κ3) is 3.31. The molecule has 0 spiro atoms. The second-order valence-corrected chi connectivity index (χ2v) is 5.88. The van der Waals surface area contributed by atoms with Crippen molar-refractivity contribution in [2.75, 3.05) is 11.5 Å². The molecule has 0 aliphatic heterocycles. The molecule has 0 aliphatic rings. The zero-order valence-corrected chi connectivity index (χ0v) is 11.2. The van der Waals surface area contributed by atoms with Gasteiger partial charge in [-0.15, -0.1) is 0 Å². The summed E-state index contributed by atoms with van der Waals surface area (Å²) in [4.78, 5) is 11.4. The Bertz CT molecular complexity index is 437. The molecule has 4 N–H and O–H groups in total. The first-order valence-corrected chi connectivity index (χ1v) is 6.75. The summed E-state index contributed by atoms with van der Waals surface area (Å²) < 4.78 is 12.7. The first-order valence-electron chi connectivity index (χ1n) is 4.64. The minimum Gasteiger partial charge on any atom is -0.398 e. The van der Waals surface area contributed by atoms with Gasteiger partial charge in [-0.3, -0.25) is 9.00 Å². The fraction of sp³-hybridized carbons (Fsp3) is 0.300. The van der Waals surface area contributed by atoms with Gasteiger partial charge in [-0.2, -0.15) is 0 Å². The van der Waals surface area contributed by atoms with Gasteiger partial charge in [0.25, 0.3) is 0 Å². The van der Waals surface area contributed by atoms with Gasteiger partial charge in [-0.25, -0.2) is 0 Å². The van der Waals surface area contributed by atoms with Crippen LogP contribution in [0.5, 0.6) is 0 Å². The lowest BCUT2D eigenvalue weighted by Gasteiger charge is -2.09. The molecule has 0 fully saturated rings. The monoisotopic (exact) mass is 304 g/mol. The zero-order valence-electron chi connectivity index (χ0n) is 8.77. The van der Waals surface area contributed by atoms with Crippen molar-refractivity contribution in [3.05, 3.63) is 22.7 Å². The molecule has 16 heavy (non-hydrogen) atoms. The van der Waals surface area contributed by atoms with Crippen LogP contribution in [-0.2, 0) is 15.6 Å². The Labute approximate surface area is 105 Å². The summed E-state index contributed by atoms with van der Waals surface area (Å²) in [5, 5.41) is 0. The van der Waals surface area contributed by atoms with Crippen LogP contribution in [0.15, 0.2) is 27.6 Å². The third-order valence-corrected chi connectivity index (χ3v) is 4.25. The van der Waals surface area contributed by atoms with Crippen molar-refractivity contribution in [2.24, 2.45) is 11.7 Å². The normalized spacial score (nSPS) is 14.4.